The summed E-state index contributed by atoms with van der Waals surface area (Å²) in [5.41, 5.74) is 0.717. The second kappa shape index (κ2) is 5.23. The predicted molar refractivity (Wildman–Crippen MR) is 60.5 cm³/mol. The normalized spacial score (nSPS) is 17.8. The minimum Gasteiger partial charge on any atom is -0.376 e. The highest BCUT2D eigenvalue weighted by molar-refractivity contribution is 5.99. The summed E-state index contributed by atoms with van der Waals surface area (Å²) in [7, 11) is 0. The van der Waals surface area contributed by atoms with Crippen LogP contribution in [0.1, 0.15) is 23.7 Å². The van der Waals surface area contributed by atoms with E-state index in [1.54, 1.807) is 0 Å². The van der Waals surface area contributed by atoms with E-state index >= 15 is 0 Å². The number of rotatable bonds is 5. The first-order chi connectivity index (χ1) is 7.81. The molecule has 1 heterocycles. The smallest absolute Gasteiger partial charge is 0.191 e. The molecule has 0 radical (unpaired) electrons. The number of benzene rings is 1. The largest absolute Gasteiger partial charge is 0.376 e. The van der Waals surface area contributed by atoms with Gasteiger partial charge in [-0.05, 0) is 6.42 Å². The van der Waals surface area contributed by atoms with Crippen molar-refractivity contribution >= 4 is 5.78 Å². The van der Waals surface area contributed by atoms with Crippen molar-refractivity contribution in [1.29, 1.82) is 0 Å². The third-order valence-corrected chi connectivity index (χ3v) is 2.69. The van der Waals surface area contributed by atoms with Gasteiger partial charge in [-0.25, -0.2) is 0 Å². The molecule has 1 aromatic carbocycles. The first kappa shape index (κ1) is 11.3. The SMILES string of the molecule is CCC(OC1COC1)C(=O)c1ccccc1. The minimum absolute atomic E-state index is 0.0648. The average molecular weight is 220 g/mol. The molecule has 0 saturated carbocycles. The average Bonchev–Trinajstić information content (AvgIpc) is 2.28. The van der Waals surface area contributed by atoms with Crippen LogP contribution in [0, 0.1) is 0 Å². The number of carbonyl (C=O) groups is 1. The Labute approximate surface area is 95.4 Å². The van der Waals surface area contributed by atoms with Crippen LogP contribution in [0.4, 0.5) is 0 Å². The maximum Gasteiger partial charge on any atom is 0.191 e. The molecule has 0 aliphatic carbocycles. The number of hydrogen-bond acceptors (Lipinski definition) is 3. The lowest BCUT2D eigenvalue weighted by molar-refractivity contribution is -0.145. The zero-order valence-corrected chi connectivity index (χ0v) is 9.39. The van der Waals surface area contributed by atoms with Crippen LogP contribution in [0.25, 0.3) is 0 Å². The lowest BCUT2D eigenvalue weighted by Crippen LogP contribution is -2.41. The van der Waals surface area contributed by atoms with E-state index in [1.807, 2.05) is 37.3 Å². The molecule has 0 aromatic heterocycles. The Morgan fingerprint density at radius 1 is 1.44 bits per heavy atom. The molecular formula is C13H16O3. The van der Waals surface area contributed by atoms with Gasteiger partial charge in [0.2, 0.25) is 0 Å². The van der Waals surface area contributed by atoms with Crippen molar-refractivity contribution in [3.05, 3.63) is 35.9 Å². The molecule has 1 aliphatic heterocycles. The topological polar surface area (TPSA) is 35.5 Å². The van der Waals surface area contributed by atoms with E-state index in [1.165, 1.54) is 0 Å². The Balaban J connectivity index is 2.00. The molecule has 0 bridgehead atoms. The van der Waals surface area contributed by atoms with Crippen molar-refractivity contribution in [2.45, 2.75) is 25.6 Å². The first-order valence-corrected chi connectivity index (χ1v) is 5.63. The number of hydrogen-bond donors (Lipinski definition) is 0. The van der Waals surface area contributed by atoms with E-state index in [0.29, 0.717) is 19.6 Å². The van der Waals surface area contributed by atoms with Crippen molar-refractivity contribution in [1.82, 2.24) is 0 Å². The summed E-state index contributed by atoms with van der Waals surface area (Å²) >= 11 is 0. The highest BCUT2D eigenvalue weighted by atomic mass is 16.6. The van der Waals surface area contributed by atoms with E-state index in [2.05, 4.69) is 0 Å². The lowest BCUT2D eigenvalue weighted by atomic mass is 10.0. The van der Waals surface area contributed by atoms with Gasteiger partial charge in [-0.1, -0.05) is 37.3 Å². The molecule has 1 unspecified atom stereocenters. The summed E-state index contributed by atoms with van der Waals surface area (Å²) in [6, 6.07) is 9.29. The van der Waals surface area contributed by atoms with Gasteiger partial charge >= 0.3 is 0 Å². The van der Waals surface area contributed by atoms with Crippen molar-refractivity contribution in [2.75, 3.05) is 13.2 Å². The standard InChI is InChI=1S/C13H16O3/c1-2-12(16-11-8-15-9-11)13(14)10-6-4-3-5-7-10/h3-7,11-12H,2,8-9H2,1H3. The van der Waals surface area contributed by atoms with E-state index in [-0.39, 0.29) is 18.0 Å². The highest BCUT2D eigenvalue weighted by Crippen LogP contribution is 2.15. The van der Waals surface area contributed by atoms with Crippen LogP contribution < -0.4 is 0 Å². The number of ether oxygens (including phenoxy) is 2. The van der Waals surface area contributed by atoms with E-state index in [0.717, 1.165) is 5.56 Å². The van der Waals surface area contributed by atoms with Gasteiger partial charge in [-0.3, -0.25) is 4.79 Å². The zero-order chi connectivity index (χ0) is 11.4. The third kappa shape index (κ3) is 2.49. The molecule has 86 valence electrons. The lowest BCUT2D eigenvalue weighted by Gasteiger charge is -2.29. The fourth-order valence-corrected chi connectivity index (χ4v) is 1.66. The monoisotopic (exact) mass is 220 g/mol. The molecule has 1 aliphatic rings. The van der Waals surface area contributed by atoms with Gasteiger partial charge in [0.25, 0.3) is 0 Å². The Morgan fingerprint density at radius 3 is 2.62 bits per heavy atom. The molecule has 16 heavy (non-hydrogen) atoms. The van der Waals surface area contributed by atoms with Gasteiger partial charge < -0.3 is 9.47 Å². The number of ketones is 1. The molecule has 2 rings (SSSR count). The van der Waals surface area contributed by atoms with Crippen LogP contribution in [0.2, 0.25) is 0 Å². The Kier molecular flexibility index (Phi) is 3.70. The summed E-state index contributed by atoms with van der Waals surface area (Å²) in [5.74, 6) is 0.0648. The van der Waals surface area contributed by atoms with Crippen molar-refractivity contribution in [2.24, 2.45) is 0 Å². The fourth-order valence-electron chi connectivity index (χ4n) is 1.66. The quantitative estimate of drug-likeness (QED) is 0.712. The first-order valence-electron chi connectivity index (χ1n) is 5.63. The predicted octanol–water partition coefficient (Wildman–Crippen LogP) is 2.06. The van der Waals surface area contributed by atoms with Crippen LogP contribution in [0.5, 0.6) is 0 Å². The van der Waals surface area contributed by atoms with Gasteiger partial charge in [-0.15, -0.1) is 0 Å². The third-order valence-electron chi connectivity index (χ3n) is 2.69. The second-order valence-electron chi connectivity index (χ2n) is 3.92. The Morgan fingerprint density at radius 2 is 2.12 bits per heavy atom. The molecular weight excluding hydrogens is 204 g/mol. The van der Waals surface area contributed by atoms with Crippen molar-refractivity contribution < 1.29 is 14.3 Å². The molecule has 3 nitrogen and oxygen atoms in total. The van der Waals surface area contributed by atoms with Gasteiger partial charge in [0.1, 0.15) is 12.2 Å². The number of carbonyl (C=O) groups excluding carboxylic acids is 1. The van der Waals surface area contributed by atoms with Crippen LogP contribution in [-0.4, -0.2) is 31.2 Å². The van der Waals surface area contributed by atoms with Gasteiger partial charge in [0.05, 0.1) is 13.2 Å². The van der Waals surface area contributed by atoms with Gasteiger partial charge in [0.15, 0.2) is 5.78 Å². The van der Waals surface area contributed by atoms with Crippen molar-refractivity contribution in [3.8, 4) is 0 Å². The summed E-state index contributed by atoms with van der Waals surface area (Å²) in [5, 5.41) is 0. The highest BCUT2D eigenvalue weighted by Gasteiger charge is 2.27. The van der Waals surface area contributed by atoms with Crippen LogP contribution in [-0.2, 0) is 9.47 Å². The van der Waals surface area contributed by atoms with E-state index in [4.69, 9.17) is 9.47 Å². The summed E-state index contributed by atoms with van der Waals surface area (Å²) < 4.78 is 10.7. The van der Waals surface area contributed by atoms with Gasteiger partial charge in [-0.2, -0.15) is 0 Å². The van der Waals surface area contributed by atoms with Crippen LogP contribution in [0.3, 0.4) is 0 Å². The Bertz CT molecular complexity index is 343. The summed E-state index contributed by atoms with van der Waals surface area (Å²) in [6.07, 6.45) is 0.457. The molecule has 0 spiro atoms. The second-order valence-corrected chi connectivity index (χ2v) is 3.92. The van der Waals surface area contributed by atoms with Crippen LogP contribution in [0.15, 0.2) is 30.3 Å². The molecule has 1 saturated heterocycles. The molecule has 0 amide bonds. The summed E-state index contributed by atoms with van der Waals surface area (Å²) in [6.45, 7) is 3.18. The zero-order valence-electron chi connectivity index (χ0n) is 9.39. The maximum absolute atomic E-state index is 12.1. The fraction of sp³-hybridized carbons (Fsp3) is 0.462. The molecule has 1 fully saturated rings. The molecule has 1 atom stereocenters. The summed E-state index contributed by atoms with van der Waals surface area (Å²) in [4.78, 5) is 12.1. The number of Topliss-reactive ketones (excluding diaryl/α,β-unsaturated/α-hetero) is 1. The molecule has 0 N–H and O–H groups in total. The molecule has 1 aromatic rings. The van der Waals surface area contributed by atoms with Crippen molar-refractivity contribution in [3.63, 3.8) is 0 Å². The Hall–Kier alpha value is -1.19. The van der Waals surface area contributed by atoms with E-state index < -0.39 is 0 Å². The van der Waals surface area contributed by atoms with Crippen LogP contribution >= 0.6 is 0 Å². The minimum atomic E-state index is -0.337. The maximum atomic E-state index is 12.1. The van der Waals surface area contributed by atoms with E-state index in [9.17, 15) is 4.79 Å². The molecule has 3 heteroatoms. The van der Waals surface area contributed by atoms with Gasteiger partial charge in [0, 0.05) is 5.56 Å².